The minimum Gasteiger partial charge on any atom is -0.334 e. The van der Waals surface area contributed by atoms with Crippen LogP contribution in [-0.4, -0.2) is 34.4 Å². The van der Waals surface area contributed by atoms with Crippen molar-refractivity contribution in [3.63, 3.8) is 0 Å². The Hall–Kier alpha value is -2.77. The second-order valence-electron chi connectivity index (χ2n) is 6.15. The number of rotatable bonds is 6. The van der Waals surface area contributed by atoms with Crippen molar-refractivity contribution in [2.45, 2.75) is 13.1 Å². The Kier molecular flexibility index (Phi) is 5.93. The summed E-state index contributed by atoms with van der Waals surface area (Å²) in [6.07, 6.45) is 0. The van der Waals surface area contributed by atoms with Crippen molar-refractivity contribution in [2.75, 3.05) is 19.4 Å². The summed E-state index contributed by atoms with van der Waals surface area (Å²) in [5.74, 6) is 0.613. The number of hydrogen-bond acceptors (Lipinski definition) is 5. The van der Waals surface area contributed by atoms with Gasteiger partial charge in [0.15, 0.2) is 5.82 Å². The molecule has 2 aromatic carbocycles. The lowest BCUT2D eigenvalue weighted by molar-refractivity contribution is 0.251. The minimum absolute atomic E-state index is 0.293. The molecule has 6 nitrogen and oxygen atoms in total. The van der Waals surface area contributed by atoms with Crippen molar-refractivity contribution in [2.24, 2.45) is 0 Å². The first-order valence-electron chi connectivity index (χ1n) is 8.27. The van der Waals surface area contributed by atoms with Crippen LogP contribution in [0.4, 0.5) is 9.93 Å². The van der Waals surface area contributed by atoms with Crippen LogP contribution in [0.2, 0.25) is 0 Å². The number of carbonyl (C=O) groups is 1. The maximum atomic E-state index is 12.1. The number of amides is 2. The van der Waals surface area contributed by atoms with Gasteiger partial charge in [0.05, 0.1) is 0 Å². The molecule has 0 bridgehead atoms. The van der Waals surface area contributed by atoms with Gasteiger partial charge in [-0.25, -0.2) is 4.79 Å². The average Bonchev–Trinajstić information content (AvgIpc) is 3.09. The number of nitrogens with zero attached hydrogens (tertiary/aromatic N) is 3. The van der Waals surface area contributed by atoms with Gasteiger partial charge < -0.3 is 10.2 Å². The molecule has 0 aliphatic heterocycles. The molecule has 3 rings (SSSR count). The number of benzene rings is 2. The first-order valence-corrected chi connectivity index (χ1v) is 9.04. The first kappa shape index (κ1) is 18.0. The van der Waals surface area contributed by atoms with Crippen molar-refractivity contribution in [1.82, 2.24) is 19.6 Å². The van der Waals surface area contributed by atoms with E-state index in [1.165, 1.54) is 17.1 Å². The van der Waals surface area contributed by atoms with Gasteiger partial charge in [0.1, 0.15) is 0 Å². The fourth-order valence-corrected chi connectivity index (χ4v) is 3.09. The number of anilines is 1. The molecule has 0 atom stereocenters. The third kappa shape index (κ3) is 5.11. The van der Waals surface area contributed by atoms with E-state index in [-0.39, 0.29) is 6.03 Å². The summed E-state index contributed by atoms with van der Waals surface area (Å²) in [7, 11) is 4.06. The summed E-state index contributed by atoms with van der Waals surface area (Å²) in [6.45, 7) is 1.32. The Morgan fingerprint density at radius 3 is 2.62 bits per heavy atom. The largest absolute Gasteiger partial charge is 0.334 e. The summed E-state index contributed by atoms with van der Waals surface area (Å²) in [5, 5.41) is 6.06. The van der Waals surface area contributed by atoms with Crippen LogP contribution >= 0.6 is 11.5 Å². The molecule has 1 heterocycles. The first-order chi connectivity index (χ1) is 12.6. The standard InChI is InChI=1S/C19H21N5OS/c1-24(2)13-15-8-6-7-14(11-15)12-20-18(25)22-19-21-17(23-26-19)16-9-4-3-5-10-16/h3-11H,12-13H2,1-2H3,(H2,20,21,22,23,25). The predicted octanol–water partition coefficient (Wildman–Crippen LogP) is 3.59. The molecule has 3 aromatic rings. The van der Waals surface area contributed by atoms with Gasteiger partial charge in [0.25, 0.3) is 0 Å². The van der Waals surface area contributed by atoms with E-state index in [9.17, 15) is 4.79 Å². The van der Waals surface area contributed by atoms with Crippen LogP contribution in [-0.2, 0) is 13.1 Å². The lowest BCUT2D eigenvalue weighted by Gasteiger charge is -2.11. The van der Waals surface area contributed by atoms with Crippen LogP contribution in [0.25, 0.3) is 11.4 Å². The Bertz CT molecular complexity index is 863. The fraction of sp³-hybridized carbons (Fsp3) is 0.211. The molecule has 2 amide bonds. The van der Waals surface area contributed by atoms with Crippen molar-refractivity contribution >= 4 is 22.7 Å². The van der Waals surface area contributed by atoms with E-state index in [0.717, 1.165) is 17.7 Å². The Balaban J connectivity index is 1.54. The van der Waals surface area contributed by atoms with Crippen LogP contribution in [0, 0.1) is 0 Å². The number of hydrogen-bond donors (Lipinski definition) is 2. The smallest absolute Gasteiger partial charge is 0.321 e. The number of carbonyl (C=O) groups excluding carboxylic acids is 1. The van der Waals surface area contributed by atoms with Crippen LogP contribution in [0.15, 0.2) is 54.6 Å². The zero-order chi connectivity index (χ0) is 18.4. The third-order valence-corrected chi connectivity index (χ3v) is 4.25. The molecule has 0 unspecified atom stereocenters. The SMILES string of the molecule is CN(C)Cc1cccc(CNC(=O)Nc2nc(-c3ccccc3)ns2)c1. The van der Waals surface area contributed by atoms with E-state index < -0.39 is 0 Å². The van der Waals surface area contributed by atoms with Crippen LogP contribution in [0.3, 0.4) is 0 Å². The zero-order valence-corrected chi connectivity index (χ0v) is 15.6. The second-order valence-corrected chi connectivity index (χ2v) is 6.91. The van der Waals surface area contributed by atoms with Crippen molar-refractivity contribution in [3.8, 4) is 11.4 Å². The molecule has 0 saturated heterocycles. The second kappa shape index (κ2) is 8.55. The minimum atomic E-state index is -0.293. The summed E-state index contributed by atoms with van der Waals surface area (Å²) < 4.78 is 4.28. The van der Waals surface area contributed by atoms with Crippen LogP contribution < -0.4 is 10.6 Å². The highest BCUT2D eigenvalue weighted by Crippen LogP contribution is 2.20. The fourth-order valence-electron chi connectivity index (χ4n) is 2.51. The van der Waals surface area contributed by atoms with Crippen molar-refractivity contribution in [1.29, 1.82) is 0 Å². The van der Waals surface area contributed by atoms with E-state index >= 15 is 0 Å². The Labute approximate surface area is 157 Å². The highest BCUT2D eigenvalue weighted by molar-refractivity contribution is 7.10. The van der Waals surface area contributed by atoms with Gasteiger partial charge in [-0.05, 0) is 25.2 Å². The van der Waals surface area contributed by atoms with Crippen molar-refractivity contribution < 1.29 is 4.79 Å². The van der Waals surface area contributed by atoms with Gasteiger partial charge in [-0.15, -0.1) is 0 Å². The normalized spacial score (nSPS) is 10.7. The molecule has 2 N–H and O–H groups in total. The van der Waals surface area contributed by atoms with Gasteiger partial charge in [-0.2, -0.15) is 9.36 Å². The zero-order valence-electron chi connectivity index (χ0n) is 14.8. The number of aromatic nitrogens is 2. The van der Waals surface area contributed by atoms with E-state index in [2.05, 4.69) is 37.0 Å². The molecular formula is C19H21N5OS. The van der Waals surface area contributed by atoms with E-state index in [0.29, 0.717) is 17.5 Å². The predicted molar refractivity (Wildman–Crippen MR) is 105 cm³/mol. The molecule has 7 heteroatoms. The summed E-state index contributed by atoms with van der Waals surface area (Å²) in [6, 6.07) is 17.6. The molecule has 26 heavy (non-hydrogen) atoms. The highest BCUT2D eigenvalue weighted by Gasteiger charge is 2.09. The molecule has 0 aliphatic carbocycles. The van der Waals surface area contributed by atoms with Crippen LogP contribution in [0.1, 0.15) is 11.1 Å². The van der Waals surface area contributed by atoms with E-state index in [1.54, 1.807) is 0 Å². The van der Waals surface area contributed by atoms with Crippen molar-refractivity contribution in [3.05, 3.63) is 65.7 Å². The number of nitrogens with one attached hydrogen (secondary N) is 2. The van der Waals surface area contributed by atoms with Gasteiger partial charge in [0.2, 0.25) is 5.13 Å². The van der Waals surface area contributed by atoms with Gasteiger partial charge in [-0.1, -0.05) is 54.6 Å². The van der Waals surface area contributed by atoms with Gasteiger partial charge in [-0.3, -0.25) is 5.32 Å². The lowest BCUT2D eigenvalue weighted by Crippen LogP contribution is -2.28. The maximum absolute atomic E-state index is 12.1. The van der Waals surface area contributed by atoms with Crippen LogP contribution in [0.5, 0.6) is 0 Å². The Morgan fingerprint density at radius 1 is 1.08 bits per heavy atom. The molecular weight excluding hydrogens is 346 g/mol. The van der Waals surface area contributed by atoms with Gasteiger partial charge in [0, 0.05) is 30.2 Å². The molecule has 0 fully saturated rings. The molecule has 0 radical (unpaired) electrons. The molecule has 0 spiro atoms. The summed E-state index contributed by atoms with van der Waals surface area (Å²) in [5.41, 5.74) is 3.20. The average molecular weight is 367 g/mol. The molecule has 134 valence electrons. The van der Waals surface area contributed by atoms with E-state index in [4.69, 9.17) is 0 Å². The third-order valence-electron chi connectivity index (χ3n) is 3.62. The quantitative estimate of drug-likeness (QED) is 0.698. The highest BCUT2D eigenvalue weighted by atomic mass is 32.1. The summed E-state index contributed by atoms with van der Waals surface area (Å²) >= 11 is 1.17. The maximum Gasteiger partial charge on any atom is 0.321 e. The monoisotopic (exact) mass is 367 g/mol. The summed E-state index contributed by atoms with van der Waals surface area (Å²) in [4.78, 5) is 18.6. The topological polar surface area (TPSA) is 70.2 Å². The lowest BCUT2D eigenvalue weighted by atomic mass is 10.1. The Morgan fingerprint density at radius 2 is 1.85 bits per heavy atom. The van der Waals surface area contributed by atoms with E-state index in [1.807, 2.05) is 56.6 Å². The van der Waals surface area contributed by atoms with Gasteiger partial charge >= 0.3 is 6.03 Å². The molecule has 0 saturated carbocycles. The molecule has 1 aromatic heterocycles. The number of urea groups is 1. The molecule has 0 aliphatic rings.